The molecule has 1 heterocycles. The number of hydrogen-bond donors (Lipinski definition) is 2. The van der Waals surface area contributed by atoms with Crippen LogP contribution in [0.2, 0.25) is 0 Å². The van der Waals surface area contributed by atoms with Gasteiger partial charge < -0.3 is 10.6 Å². The van der Waals surface area contributed by atoms with Crippen LogP contribution in [0.4, 0.5) is 14.9 Å². The summed E-state index contributed by atoms with van der Waals surface area (Å²) >= 11 is 0. The molecule has 4 aliphatic carbocycles. The molecular formula is C23H29FN4O. The van der Waals surface area contributed by atoms with Crippen LogP contribution in [0.5, 0.6) is 0 Å². The van der Waals surface area contributed by atoms with Gasteiger partial charge in [0, 0.05) is 5.54 Å². The van der Waals surface area contributed by atoms with E-state index in [1.807, 2.05) is 24.6 Å². The van der Waals surface area contributed by atoms with Gasteiger partial charge in [0.15, 0.2) is 0 Å². The van der Waals surface area contributed by atoms with Gasteiger partial charge >= 0.3 is 6.03 Å². The zero-order chi connectivity index (χ0) is 20.2. The molecule has 2 amide bonds. The van der Waals surface area contributed by atoms with E-state index in [1.54, 1.807) is 6.07 Å². The zero-order valence-corrected chi connectivity index (χ0v) is 17.2. The molecule has 6 heteroatoms. The van der Waals surface area contributed by atoms with Gasteiger partial charge in [-0.1, -0.05) is 12.1 Å². The molecule has 154 valence electrons. The first kappa shape index (κ1) is 18.6. The van der Waals surface area contributed by atoms with Crippen molar-refractivity contribution in [3.8, 4) is 0 Å². The fourth-order valence-corrected chi connectivity index (χ4v) is 6.49. The molecule has 0 unspecified atom stereocenters. The molecule has 0 atom stereocenters. The Bertz CT molecular complexity index is 915. The maximum Gasteiger partial charge on any atom is 0.319 e. The van der Waals surface area contributed by atoms with Crippen molar-refractivity contribution in [1.29, 1.82) is 0 Å². The maximum atomic E-state index is 13.5. The van der Waals surface area contributed by atoms with Gasteiger partial charge in [0.2, 0.25) is 0 Å². The molecular weight excluding hydrogens is 367 g/mol. The highest BCUT2D eigenvalue weighted by atomic mass is 19.1. The summed E-state index contributed by atoms with van der Waals surface area (Å²) in [7, 11) is 0. The number of halogens is 1. The van der Waals surface area contributed by atoms with Gasteiger partial charge in [-0.3, -0.25) is 4.68 Å². The highest BCUT2D eigenvalue weighted by Gasteiger charge is 2.51. The number of aromatic nitrogens is 2. The van der Waals surface area contributed by atoms with E-state index in [2.05, 4.69) is 15.7 Å². The number of carbonyl (C=O) groups is 1. The minimum atomic E-state index is -0.252. The van der Waals surface area contributed by atoms with E-state index in [0.29, 0.717) is 6.54 Å². The van der Waals surface area contributed by atoms with Gasteiger partial charge in [-0.2, -0.15) is 5.10 Å². The molecule has 4 bridgehead atoms. The van der Waals surface area contributed by atoms with Crippen molar-refractivity contribution in [2.45, 2.75) is 64.5 Å². The Labute approximate surface area is 171 Å². The van der Waals surface area contributed by atoms with Crippen molar-refractivity contribution in [2.75, 3.05) is 5.32 Å². The predicted octanol–water partition coefficient (Wildman–Crippen LogP) is 4.78. The Morgan fingerprint density at radius 3 is 2.45 bits per heavy atom. The normalized spacial score (nSPS) is 29.8. The third-order valence-corrected chi connectivity index (χ3v) is 7.26. The topological polar surface area (TPSA) is 59.0 Å². The van der Waals surface area contributed by atoms with Gasteiger partial charge in [0.05, 0.1) is 23.6 Å². The number of hydrogen-bond acceptors (Lipinski definition) is 2. The Balaban J connectivity index is 1.29. The summed E-state index contributed by atoms with van der Waals surface area (Å²) in [5.74, 6) is 2.12. The largest absolute Gasteiger partial charge is 0.332 e. The molecule has 0 saturated heterocycles. The van der Waals surface area contributed by atoms with Gasteiger partial charge in [0.1, 0.15) is 5.82 Å². The highest BCUT2D eigenvalue weighted by molar-refractivity contribution is 5.91. The van der Waals surface area contributed by atoms with Crippen molar-refractivity contribution < 1.29 is 9.18 Å². The first-order chi connectivity index (χ1) is 13.9. The molecule has 2 aromatic rings. The second kappa shape index (κ2) is 6.85. The van der Waals surface area contributed by atoms with Crippen LogP contribution in [0.25, 0.3) is 0 Å². The van der Waals surface area contributed by atoms with Crippen molar-refractivity contribution in [1.82, 2.24) is 15.1 Å². The van der Waals surface area contributed by atoms with Crippen LogP contribution in [0.1, 0.15) is 55.5 Å². The van der Waals surface area contributed by atoms with Crippen LogP contribution in [0, 0.1) is 37.4 Å². The van der Waals surface area contributed by atoms with E-state index in [4.69, 9.17) is 0 Å². The van der Waals surface area contributed by atoms with Gasteiger partial charge in [-0.25, -0.2) is 9.18 Å². The summed E-state index contributed by atoms with van der Waals surface area (Å²) in [5.41, 5.74) is 3.24. The number of nitrogens with zero attached hydrogens (tertiary/aromatic N) is 2. The lowest BCUT2D eigenvalue weighted by Gasteiger charge is -2.56. The smallest absolute Gasteiger partial charge is 0.319 e. The second-order valence-electron chi connectivity index (χ2n) is 9.61. The van der Waals surface area contributed by atoms with Crippen LogP contribution in [0.3, 0.4) is 0 Å². The summed E-state index contributed by atoms with van der Waals surface area (Å²) in [4.78, 5) is 12.9. The van der Waals surface area contributed by atoms with Crippen LogP contribution >= 0.6 is 0 Å². The summed E-state index contributed by atoms with van der Waals surface area (Å²) < 4.78 is 15.3. The lowest BCUT2D eigenvalue weighted by atomic mass is 9.53. The van der Waals surface area contributed by atoms with Gasteiger partial charge in [-0.15, -0.1) is 0 Å². The number of carbonyl (C=O) groups excluding carboxylic acids is 1. The molecule has 0 spiro atoms. The SMILES string of the molecule is Cc1nn(Cc2cccc(F)c2)c(C)c1NC(=O)NC12CC3CC(CC(C3)C1)C2. The first-order valence-electron chi connectivity index (χ1n) is 10.8. The number of urea groups is 1. The third-order valence-electron chi connectivity index (χ3n) is 7.26. The zero-order valence-electron chi connectivity index (χ0n) is 17.2. The molecule has 1 aromatic carbocycles. The van der Waals surface area contributed by atoms with E-state index >= 15 is 0 Å². The number of aryl methyl sites for hydroxylation is 1. The highest BCUT2D eigenvalue weighted by Crippen LogP contribution is 2.55. The van der Waals surface area contributed by atoms with Crippen molar-refractivity contribution in [3.05, 3.63) is 47.0 Å². The molecule has 6 rings (SSSR count). The van der Waals surface area contributed by atoms with Gasteiger partial charge in [0.25, 0.3) is 0 Å². The molecule has 4 fully saturated rings. The second-order valence-corrected chi connectivity index (χ2v) is 9.61. The molecule has 29 heavy (non-hydrogen) atoms. The average molecular weight is 397 g/mol. The summed E-state index contributed by atoms with van der Waals surface area (Å²) in [6.07, 6.45) is 7.45. The van der Waals surface area contributed by atoms with E-state index in [-0.39, 0.29) is 17.4 Å². The summed E-state index contributed by atoms with van der Waals surface area (Å²) in [6.45, 7) is 4.32. The quantitative estimate of drug-likeness (QED) is 0.781. The Morgan fingerprint density at radius 2 is 1.83 bits per heavy atom. The van der Waals surface area contributed by atoms with E-state index in [0.717, 1.165) is 59.7 Å². The first-order valence-corrected chi connectivity index (χ1v) is 10.8. The number of rotatable bonds is 4. The van der Waals surface area contributed by atoms with E-state index in [1.165, 1.54) is 31.4 Å². The molecule has 4 saturated carbocycles. The maximum absolute atomic E-state index is 13.5. The van der Waals surface area contributed by atoms with E-state index in [9.17, 15) is 9.18 Å². The Kier molecular flexibility index (Phi) is 4.41. The van der Waals surface area contributed by atoms with E-state index < -0.39 is 0 Å². The molecule has 4 aliphatic rings. The van der Waals surface area contributed by atoms with Gasteiger partial charge in [-0.05, 0) is 87.8 Å². The Morgan fingerprint density at radius 1 is 1.17 bits per heavy atom. The number of amides is 2. The monoisotopic (exact) mass is 396 g/mol. The Hall–Kier alpha value is -2.37. The summed E-state index contributed by atoms with van der Waals surface area (Å²) in [5, 5.41) is 11.0. The average Bonchev–Trinajstić information content (AvgIpc) is 2.87. The standard InChI is InChI=1S/C23H29FN4O/c1-14-21(15(2)28(27-14)13-16-4-3-5-20(24)9-16)25-22(29)26-23-10-17-6-18(11-23)8-19(7-17)12-23/h3-5,9,17-19H,6-8,10-13H2,1-2H3,(H2,25,26,29). The summed E-state index contributed by atoms with van der Waals surface area (Å²) in [6, 6.07) is 6.42. The lowest BCUT2D eigenvalue weighted by Crippen LogP contribution is -2.60. The fourth-order valence-electron chi connectivity index (χ4n) is 6.49. The van der Waals surface area contributed by atoms with Crippen LogP contribution in [-0.2, 0) is 6.54 Å². The minimum Gasteiger partial charge on any atom is -0.332 e. The third kappa shape index (κ3) is 3.53. The van der Waals surface area contributed by atoms with Crippen molar-refractivity contribution >= 4 is 11.7 Å². The molecule has 5 nitrogen and oxygen atoms in total. The van der Waals surface area contributed by atoms with Crippen LogP contribution < -0.4 is 10.6 Å². The molecule has 2 N–H and O–H groups in total. The van der Waals surface area contributed by atoms with Crippen LogP contribution in [0.15, 0.2) is 24.3 Å². The number of nitrogens with one attached hydrogen (secondary N) is 2. The number of benzene rings is 1. The predicted molar refractivity (Wildman–Crippen MR) is 110 cm³/mol. The van der Waals surface area contributed by atoms with Crippen LogP contribution in [-0.4, -0.2) is 21.4 Å². The van der Waals surface area contributed by atoms with Crippen molar-refractivity contribution in [2.24, 2.45) is 17.8 Å². The molecule has 0 radical (unpaired) electrons. The molecule has 1 aromatic heterocycles. The number of anilines is 1. The lowest BCUT2D eigenvalue weighted by molar-refractivity contribution is -0.0127. The van der Waals surface area contributed by atoms with Crippen molar-refractivity contribution in [3.63, 3.8) is 0 Å². The minimum absolute atomic E-state index is 0.0157. The molecule has 0 aliphatic heterocycles. The fraction of sp³-hybridized carbons (Fsp3) is 0.565.